The molecule has 1 saturated heterocycles. The Labute approximate surface area is 121 Å². The summed E-state index contributed by atoms with van der Waals surface area (Å²) in [6, 6.07) is 0. The number of rotatable bonds is 8. The van der Waals surface area contributed by atoms with Gasteiger partial charge in [0.15, 0.2) is 0 Å². The molecular weight excluding hydrogens is 347 g/mol. The first-order valence-electron chi connectivity index (χ1n) is 5.66. The number of esters is 1. The van der Waals surface area contributed by atoms with Crippen molar-refractivity contribution < 1.29 is 53.9 Å². The maximum atomic E-state index is 13.1. The van der Waals surface area contributed by atoms with Gasteiger partial charge in [-0.05, 0) is 0 Å². The van der Waals surface area contributed by atoms with Crippen LogP contribution in [0.25, 0.3) is 0 Å². The lowest BCUT2D eigenvalue weighted by molar-refractivity contribution is -0.259. The Morgan fingerprint density at radius 2 is 1.86 bits per heavy atom. The third kappa shape index (κ3) is 5.30. The Bertz CT molecular complexity index is 499. The molecule has 1 rings (SSSR count). The normalized spacial score (nSPS) is 20.5. The van der Waals surface area contributed by atoms with Crippen molar-refractivity contribution in [3.8, 4) is 0 Å². The predicted molar refractivity (Wildman–Crippen MR) is 57.6 cm³/mol. The summed E-state index contributed by atoms with van der Waals surface area (Å²) in [6.07, 6.45) is -11.2. The highest BCUT2D eigenvalue weighted by Crippen LogP contribution is 2.38. The summed E-state index contributed by atoms with van der Waals surface area (Å²) in [5.41, 5.74) is 0. The van der Waals surface area contributed by atoms with Gasteiger partial charge in [-0.3, -0.25) is 9.35 Å². The Hall–Kier alpha value is -1.05. The zero-order valence-electron chi connectivity index (χ0n) is 10.7. The van der Waals surface area contributed by atoms with E-state index in [2.05, 4.69) is 4.74 Å². The number of carbonyl (C=O) groups is 1. The molecule has 0 radical (unpaired) electrons. The molecule has 0 aromatic carbocycles. The lowest BCUT2D eigenvalue weighted by Crippen LogP contribution is -2.52. The zero-order valence-corrected chi connectivity index (χ0v) is 11.5. The largest absolute Gasteiger partial charge is 0.445 e. The molecule has 22 heavy (non-hydrogen) atoms. The molecule has 0 aliphatic carbocycles. The molecule has 0 saturated carbocycles. The molecule has 0 aromatic rings. The van der Waals surface area contributed by atoms with Crippen LogP contribution in [0.4, 0.5) is 22.0 Å². The molecule has 1 N–H and O–H groups in total. The van der Waals surface area contributed by atoms with Gasteiger partial charge in [-0.15, -0.1) is 0 Å². The average Bonchev–Trinajstić information content (AvgIpc) is 3.12. The van der Waals surface area contributed by atoms with Crippen LogP contribution in [0.15, 0.2) is 0 Å². The number of hydrogen-bond acceptors (Lipinski definition) is 6. The Morgan fingerprint density at radius 3 is 2.27 bits per heavy atom. The fourth-order valence-corrected chi connectivity index (χ4v) is 1.64. The molecule has 0 bridgehead atoms. The quantitative estimate of drug-likeness (QED) is 0.225. The van der Waals surface area contributed by atoms with Gasteiger partial charge in [0, 0.05) is 0 Å². The number of alkyl halides is 5. The Kier molecular flexibility index (Phi) is 5.70. The number of ether oxygens (including phenoxy) is 3. The number of carbonyl (C=O) groups excluding carboxylic acids is 1. The van der Waals surface area contributed by atoms with Crippen LogP contribution in [0.2, 0.25) is 0 Å². The van der Waals surface area contributed by atoms with Gasteiger partial charge in [-0.25, -0.2) is 0 Å². The van der Waals surface area contributed by atoms with E-state index in [4.69, 9.17) is 14.0 Å². The van der Waals surface area contributed by atoms with Gasteiger partial charge in [0.1, 0.15) is 6.10 Å². The van der Waals surface area contributed by atoms with Gasteiger partial charge in [-0.1, -0.05) is 0 Å². The van der Waals surface area contributed by atoms with E-state index < -0.39 is 46.6 Å². The van der Waals surface area contributed by atoms with E-state index in [0.717, 1.165) is 0 Å². The Balaban J connectivity index is 2.62. The minimum Gasteiger partial charge on any atom is -0.445 e. The van der Waals surface area contributed by atoms with Crippen LogP contribution in [-0.2, 0) is 29.1 Å². The summed E-state index contributed by atoms with van der Waals surface area (Å²) in [5.74, 6) is -1.76. The van der Waals surface area contributed by atoms with E-state index in [1.807, 2.05) is 0 Å². The first kappa shape index (κ1) is 19.0. The number of hydrogen-bond donors (Lipinski definition) is 1. The van der Waals surface area contributed by atoms with Crippen LogP contribution >= 0.6 is 0 Å². The van der Waals surface area contributed by atoms with Gasteiger partial charge in [0.05, 0.1) is 26.2 Å². The van der Waals surface area contributed by atoms with Gasteiger partial charge < -0.3 is 14.2 Å². The van der Waals surface area contributed by atoms with Gasteiger partial charge >= 0.3 is 27.5 Å². The van der Waals surface area contributed by atoms with E-state index in [9.17, 15) is 35.2 Å². The van der Waals surface area contributed by atoms with Crippen molar-refractivity contribution >= 4 is 16.1 Å². The summed E-state index contributed by atoms with van der Waals surface area (Å²) in [6.45, 7) is 0.0685. The molecule has 1 heterocycles. The summed E-state index contributed by atoms with van der Waals surface area (Å²) in [7, 11) is -6.44. The summed E-state index contributed by atoms with van der Waals surface area (Å²) < 4.78 is 105. The monoisotopic (exact) mass is 358 g/mol. The lowest BCUT2D eigenvalue weighted by atomic mass is 10.3. The van der Waals surface area contributed by atoms with Crippen molar-refractivity contribution in [1.82, 2.24) is 0 Å². The average molecular weight is 358 g/mol. The lowest BCUT2D eigenvalue weighted by Gasteiger charge is -2.26. The van der Waals surface area contributed by atoms with Gasteiger partial charge in [0.25, 0.3) is 6.10 Å². The minimum absolute atomic E-state index is 0.0666. The van der Waals surface area contributed by atoms with E-state index in [1.54, 1.807) is 0 Å². The summed E-state index contributed by atoms with van der Waals surface area (Å²) >= 11 is 0. The maximum absolute atomic E-state index is 13.1. The molecule has 130 valence electrons. The van der Waals surface area contributed by atoms with Crippen LogP contribution < -0.4 is 0 Å². The standard InChI is InChI=1S/C9H11F5O7S/c10-8(11,12)7(9(13,14)22(16,17)18)21-6(15)1-2-19-3-5-4-20-5/h5,7H,1-4H2,(H,16,17,18). The molecule has 13 heteroatoms. The second-order valence-electron chi connectivity index (χ2n) is 4.23. The number of halogens is 5. The SMILES string of the molecule is O=C(CCOCC1CO1)OC(C(F)(F)F)C(F)(F)S(=O)(=O)O. The highest BCUT2D eigenvalue weighted by molar-refractivity contribution is 7.86. The van der Waals surface area contributed by atoms with Gasteiger partial charge in [-0.2, -0.15) is 30.4 Å². The highest BCUT2D eigenvalue weighted by atomic mass is 32.2. The first-order valence-corrected chi connectivity index (χ1v) is 7.10. The topological polar surface area (TPSA) is 102 Å². The molecule has 2 unspecified atom stereocenters. The molecule has 0 aromatic heterocycles. The Morgan fingerprint density at radius 1 is 1.32 bits per heavy atom. The smallest absolute Gasteiger partial charge is 0.432 e. The van der Waals surface area contributed by atoms with Crippen LogP contribution in [0.3, 0.4) is 0 Å². The molecular formula is C9H11F5O7S. The maximum Gasteiger partial charge on any atom is 0.432 e. The first-order chi connectivity index (χ1) is 9.85. The zero-order chi connectivity index (χ0) is 17.2. The van der Waals surface area contributed by atoms with Crippen LogP contribution in [0.5, 0.6) is 0 Å². The summed E-state index contributed by atoms with van der Waals surface area (Å²) in [5, 5.41) is -5.73. The molecule has 2 atom stereocenters. The minimum atomic E-state index is -6.44. The van der Waals surface area contributed by atoms with E-state index >= 15 is 0 Å². The fourth-order valence-electron chi connectivity index (χ4n) is 1.19. The van der Waals surface area contributed by atoms with Crippen molar-refractivity contribution in [2.45, 2.75) is 30.1 Å². The second kappa shape index (κ2) is 6.60. The second-order valence-corrected chi connectivity index (χ2v) is 5.72. The molecule has 0 amide bonds. The molecule has 7 nitrogen and oxygen atoms in total. The van der Waals surface area contributed by atoms with Crippen LogP contribution in [0.1, 0.15) is 6.42 Å². The van der Waals surface area contributed by atoms with E-state index in [-0.39, 0.29) is 12.7 Å². The molecule has 0 spiro atoms. The van der Waals surface area contributed by atoms with E-state index in [0.29, 0.717) is 6.61 Å². The molecule has 1 aliphatic rings. The molecule has 1 aliphatic heterocycles. The highest BCUT2D eigenvalue weighted by Gasteiger charge is 2.65. The molecule has 1 fully saturated rings. The van der Waals surface area contributed by atoms with Crippen molar-refractivity contribution in [3.63, 3.8) is 0 Å². The predicted octanol–water partition coefficient (Wildman–Crippen LogP) is 0.747. The van der Waals surface area contributed by atoms with Crippen molar-refractivity contribution in [2.75, 3.05) is 19.8 Å². The third-order valence-corrected chi connectivity index (χ3v) is 3.25. The van der Waals surface area contributed by atoms with Crippen LogP contribution in [-0.4, -0.2) is 62.4 Å². The van der Waals surface area contributed by atoms with Crippen LogP contribution in [0, 0.1) is 0 Å². The fraction of sp³-hybridized carbons (Fsp3) is 0.889. The third-order valence-electron chi connectivity index (χ3n) is 2.35. The van der Waals surface area contributed by atoms with Crippen molar-refractivity contribution in [1.29, 1.82) is 0 Å². The summed E-state index contributed by atoms with van der Waals surface area (Å²) in [4.78, 5) is 11.1. The number of epoxide rings is 1. The van der Waals surface area contributed by atoms with Crippen molar-refractivity contribution in [2.24, 2.45) is 0 Å². The van der Waals surface area contributed by atoms with E-state index in [1.165, 1.54) is 0 Å². The van der Waals surface area contributed by atoms with Crippen molar-refractivity contribution in [3.05, 3.63) is 0 Å². The van der Waals surface area contributed by atoms with Gasteiger partial charge in [0.2, 0.25) is 0 Å².